The molecule has 0 unspecified atom stereocenters. The Bertz CT molecular complexity index is 1150. The molecule has 0 bridgehead atoms. The number of hydrogen-bond donors (Lipinski definition) is 2. The lowest BCUT2D eigenvalue weighted by atomic mass is 10.1. The van der Waals surface area contributed by atoms with Crippen LogP contribution in [-0.2, 0) is 10.0 Å². The molecule has 0 saturated heterocycles. The molecule has 0 fully saturated rings. The average molecular weight is 430 g/mol. The summed E-state index contributed by atoms with van der Waals surface area (Å²) in [5.41, 5.74) is 3.77. The van der Waals surface area contributed by atoms with Crippen molar-refractivity contribution in [1.82, 2.24) is 9.97 Å². The first kappa shape index (κ1) is 21.5. The minimum Gasteiger partial charge on any atom is -0.336 e. The zero-order valence-corrected chi connectivity index (χ0v) is 18.1. The van der Waals surface area contributed by atoms with Gasteiger partial charge in [-0.3, -0.25) is 4.31 Å². The second-order valence-electron chi connectivity index (χ2n) is 6.96. The van der Waals surface area contributed by atoms with E-state index in [-0.39, 0.29) is 18.3 Å². The number of aryl methyl sites for hydroxylation is 2. The minimum absolute atomic E-state index is 0.0612. The van der Waals surface area contributed by atoms with E-state index in [2.05, 4.69) is 20.6 Å². The Morgan fingerprint density at radius 1 is 1.07 bits per heavy atom. The highest BCUT2D eigenvalue weighted by Gasteiger charge is 2.19. The third-order valence-electron chi connectivity index (χ3n) is 4.34. The summed E-state index contributed by atoms with van der Waals surface area (Å²) in [5, 5.41) is 5.98. The number of nitrogens with one attached hydrogen (secondary N) is 2. The number of sulfonamides is 1. The van der Waals surface area contributed by atoms with Crippen molar-refractivity contribution in [3.8, 4) is 0 Å². The average Bonchev–Trinajstić information content (AvgIpc) is 2.64. The van der Waals surface area contributed by atoms with Crippen LogP contribution in [0.4, 0.5) is 33.2 Å². The van der Waals surface area contributed by atoms with Gasteiger partial charge in [-0.05, 0) is 56.2 Å². The van der Waals surface area contributed by atoms with Crippen molar-refractivity contribution in [2.45, 2.75) is 20.8 Å². The first-order valence-corrected chi connectivity index (χ1v) is 11.2. The maximum atomic E-state index is 14.4. The van der Waals surface area contributed by atoms with Gasteiger partial charge in [0.1, 0.15) is 0 Å². The largest absolute Gasteiger partial charge is 0.336 e. The molecule has 9 heteroatoms. The fourth-order valence-corrected chi connectivity index (χ4v) is 4.18. The summed E-state index contributed by atoms with van der Waals surface area (Å²) >= 11 is 0. The van der Waals surface area contributed by atoms with E-state index in [4.69, 9.17) is 0 Å². The Morgan fingerprint density at radius 2 is 1.73 bits per heavy atom. The lowest BCUT2D eigenvalue weighted by molar-refractivity contribution is 0.598. The molecule has 0 atom stereocenters. The molecule has 2 aromatic carbocycles. The molecule has 0 radical (unpaired) electrons. The molecule has 1 heterocycles. The Morgan fingerprint density at radius 3 is 2.37 bits per heavy atom. The van der Waals surface area contributed by atoms with Crippen molar-refractivity contribution in [1.29, 1.82) is 0 Å². The van der Waals surface area contributed by atoms with E-state index in [0.29, 0.717) is 11.4 Å². The molecule has 30 heavy (non-hydrogen) atoms. The highest BCUT2D eigenvalue weighted by atomic mass is 32.2. The maximum absolute atomic E-state index is 14.4. The molecule has 3 aromatic rings. The normalized spacial score (nSPS) is 11.2. The van der Waals surface area contributed by atoms with Gasteiger partial charge in [-0.1, -0.05) is 18.2 Å². The van der Waals surface area contributed by atoms with Gasteiger partial charge in [0, 0.05) is 12.2 Å². The van der Waals surface area contributed by atoms with Crippen molar-refractivity contribution in [2.24, 2.45) is 0 Å². The molecule has 0 aliphatic carbocycles. The fourth-order valence-electron chi connectivity index (χ4n) is 3.20. The number of benzene rings is 2. The van der Waals surface area contributed by atoms with E-state index in [1.54, 1.807) is 31.2 Å². The highest BCUT2D eigenvalue weighted by Crippen LogP contribution is 2.30. The summed E-state index contributed by atoms with van der Waals surface area (Å²) in [5.74, 6) is -0.496. The van der Waals surface area contributed by atoms with Gasteiger partial charge in [-0.25, -0.2) is 17.8 Å². The summed E-state index contributed by atoms with van der Waals surface area (Å²) < 4.78 is 39.9. The molecule has 0 aliphatic rings. The van der Waals surface area contributed by atoms with Crippen LogP contribution in [0, 0.1) is 19.7 Å². The molecular formula is C21H24FN5O2S. The monoisotopic (exact) mass is 429 g/mol. The van der Waals surface area contributed by atoms with Gasteiger partial charge in [0.2, 0.25) is 16.0 Å². The quantitative estimate of drug-likeness (QED) is 0.575. The second kappa shape index (κ2) is 8.66. The number of rotatable bonds is 7. The SMILES string of the molecule is CCN(c1ccccc1Nc1nc(Nc2cc(C)cc(C)c2)ncc1F)S(C)(=O)=O. The third-order valence-corrected chi connectivity index (χ3v) is 5.59. The van der Waals surface area contributed by atoms with Crippen molar-refractivity contribution in [3.63, 3.8) is 0 Å². The predicted octanol–water partition coefficient (Wildman–Crippen LogP) is 4.51. The van der Waals surface area contributed by atoms with Crippen molar-refractivity contribution in [2.75, 3.05) is 27.7 Å². The van der Waals surface area contributed by atoms with Crippen LogP contribution in [0.3, 0.4) is 0 Å². The zero-order chi connectivity index (χ0) is 21.9. The number of para-hydroxylation sites is 2. The maximum Gasteiger partial charge on any atom is 0.232 e. The molecule has 7 nitrogen and oxygen atoms in total. The molecule has 2 N–H and O–H groups in total. The molecule has 3 rings (SSSR count). The van der Waals surface area contributed by atoms with E-state index >= 15 is 0 Å². The number of anilines is 5. The van der Waals surface area contributed by atoms with Crippen LogP contribution in [0.25, 0.3) is 0 Å². The molecule has 0 amide bonds. The molecule has 0 spiro atoms. The predicted molar refractivity (Wildman–Crippen MR) is 119 cm³/mol. The van der Waals surface area contributed by atoms with E-state index in [9.17, 15) is 12.8 Å². The van der Waals surface area contributed by atoms with E-state index in [1.165, 1.54) is 4.31 Å². The van der Waals surface area contributed by atoms with Crippen molar-refractivity contribution >= 4 is 38.9 Å². The van der Waals surface area contributed by atoms with Crippen molar-refractivity contribution < 1.29 is 12.8 Å². The van der Waals surface area contributed by atoms with Crippen LogP contribution in [0.15, 0.2) is 48.7 Å². The van der Waals surface area contributed by atoms with Gasteiger partial charge in [-0.15, -0.1) is 0 Å². The summed E-state index contributed by atoms with van der Waals surface area (Å²) in [6.07, 6.45) is 2.20. The first-order chi connectivity index (χ1) is 14.2. The summed E-state index contributed by atoms with van der Waals surface area (Å²) in [4.78, 5) is 8.24. The van der Waals surface area contributed by atoms with Crippen LogP contribution >= 0.6 is 0 Å². The van der Waals surface area contributed by atoms with Crippen molar-refractivity contribution in [3.05, 3.63) is 65.6 Å². The fraction of sp³-hybridized carbons (Fsp3) is 0.238. The van der Waals surface area contributed by atoms with E-state index in [1.807, 2.05) is 32.0 Å². The Kier molecular flexibility index (Phi) is 6.21. The lowest BCUT2D eigenvalue weighted by Gasteiger charge is -2.23. The molecular weight excluding hydrogens is 405 g/mol. The van der Waals surface area contributed by atoms with Crippen LogP contribution in [0.2, 0.25) is 0 Å². The van der Waals surface area contributed by atoms with Gasteiger partial charge >= 0.3 is 0 Å². The Hall–Kier alpha value is -3.20. The van der Waals surface area contributed by atoms with Gasteiger partial charge in [0.05, 0.1) is 23.8 Å². The molecule has 1 aromatic heterocycles. The molecule has 158 valence electrons. The summed E-state index contributed by atoms with van der Waals surface area (Å²) in [6.45, 7) is 5.93. The minimum atomic E-state index is -3.50. The lowest BCUT2D eigenvalue weighted by Crippen LogP contribution is -2.30. The smallest absolute Gasteiger partial charge is 0.232 e. The zero-order valence-electron chi connectivity index (χ0n) is 17.3. The molecule has 0 aliphatic heterocycles. The highest BCUT2D eigenvalue weighted by molar-refractivity contribution is 7.92. The first-order valence-electron chi connectivity index (χ1n) is 9.39. The van der Waals surface area contributed by atoms with Gasteiger partial charge in [0.15, 0.2) is 11.6 Å². The number of halogens is 1. The summed E-state index contributed by atoms with van der Waals surface area (Å²) in [6, 6.07) is 12.7. The second-order valence-corrected chi connectivity index (χ2v) is 8.87. The number of nitrogens with zero attached hydrogens (tertiary/aromatic N) is 3. The van der Waals surface area contributed by atoms with E-state index in [0.717, 1.165) is 29.3 Å². The van der Waals surface area contributed by atoms with Gasteiger partial charge in [-0.2, -0.15) is 4.98 Å². The summed E-state index contributed by atoms with van der Waals surface area (Å²) in [7, 11) is -3.50. The van der Waals surface area contributed by atoms with Gasteiger partial charge in [0.25, 0.3) is 0 Å². The Balaban J connectivity index is 1.94. The number of hydrogen-bond acceptors (Lipinski definition) is 6. The molecule has 0 saturated carbocycles. The van der Waals surface area contributed by atoms with Crippen LogP contribution in [-0.4, -0.2) is 31.2 Å². The number of aromatic nitrogens is 2. The topological polar surface area (TPSA) is 87.2 Å². The van der Waals surface area contributed by atoms with Gasteiger partial charge < -0.3 is 10.6 Å². The van der Waals surface area contributed by atoms with Crippen LogP contribution < -0.4 is 14.9 Å². The third kappa shape index (κ3) is 5.04. The van der Waals surface area contributed by atoms with E-state index < -0.39 is 15.8 Å². The van der Waals surface area contributed by atoms with Crippen LogP contribution in [0.1, 0.15) is 18.1 Å². The standard InChI is InChI=1S/C21H24FN5O2S/c1-5-27(30(4,28)29)19-9-7-6-8-18(19)25-20-17(22)13-23-21(26-20)24-16-11-14(2)10-15(3)12-16/h6-13H,5H2,1-4H3,(H2,23,24,25,26). The Labute approximate surface area is 176 Å². The van der Waals surface area contributed by atoms with Crippen LogP contribution in [0.5, 0.6) is 0 Å².